The largest absolute Gasteiger partial charge is 0.493 e. The van der Waals surface area contributed by atoms with Crippen molar-refractivity contribution in [1.82, 2.24) is 10.3 Å². The molecule has 0 unspecified atom stereocenters. The number of fused-ring (bicyclic) bond motifs is 1. The molecule has 0 atom stereocenters. The number of nitrogens with one attached hydrogen (secondary N) is 2. The summed E-state index contributed by atoms with van der Waals surface area (Å²) in [4.78, 5) is 4.43. The lowest BCUT2D eigenvalue weighted by Crippen LogP contribution is -2.36. The highest BCUT2D eigenvalue weighted by Crippen LogP contribution is 2.29. The normalized spacial score (nSPS) is 18.9. The van der Waals surface area contributed by atoms with Gasteiger partial charge < -0.3 is 20.1 Å². The molecule has 3 aromatic rings. The third-order valence-electron chi connectivity index (χ3n) is 5.83. The third-order valence-corrected chi connectivity index (χ3v) is 6.07. The van der Waals surface area contributed by atoms with Crippen molar-refractivity contribution in [1.29, 1.82) is 0 Å². The number of rotatable bonds is 7. The van der Waals surface area contributed by atoms with E-state index < -0.39 is 0 Å². The molecule has 2 aromatic carbocycles. The van der Waals surface area contributed by atoms with E-state index in [9.17, 15) is 0 Å². The van der Waals surface area contributed by atoms with Crippen molar-refractivity contribution >= 4 is 28.2 Å². The minimum absolute atomic E-state index is 0.477. The number of hydrogen-bond acceptors (Lipinski definition) is 5. The van der Waals surface area contributed by atoms with Crippen molar-refractivity contribution < 1.29 is 9.47 Å². The highest BCUT2D eigenvalue weighted by atomic mass is 35.5. The summed E-state index contributed by atoms with van der Waals surface area (Å²) >= 11 is 6.10. The Hall–Kier alpha value is -2.50. The number of benzene rings is 2. The standard InChI is InChI=1S/C24H28ClN3O2/c1-29-23-10-3-16(13-24(23)30-2)15-27-18-5-7-19(8-6-18)28-21-11-12-26-22-14-17(25)4-9-20(21)22/h3-4,9-14,18-19,27H,5-8,15H2,1-2H3,(H,26,28). The average Bonchev–Trinajstić information content (AvgIpc) is 2.78. The van der Waals surface area contributed by atoms with Crippen LogP contribution < -0.4 is 20.1 Å². The Morgan fingerprint density at radius 1 is 0.933 bits per heavy atom. The molecule has 158 valence electrons. The van der Waals surface area contributed by atoms with Crippen molar-refractivity contribution in [3.05, 3.63) is 59.2 Å². The Labute approximate surface area is 182 Å². The summed E-state index contributed by atoms with van der Waals surface area (Å²) in [5.74, 6) is 1.54. The van der Waals surface area contributed by atoms with Gasteiger partial charge in [0.15, 0.2) is 11.5 Å². The smallest absolute Gasteiger partial charge is 0.161 e. The van der Waals surface area contributed by atoms with Gasteiger partial charge in [-0.15, -0.1) is 0 Å². The molecule has 0 saturated heterocycles. The molecule has 1 aliphatic rings. The summed E-state index contributed by atoms with van der Waals surface area (Å²) in [5.41, 5.74) is 3.27. The summed E-state index contributed by atoms with van der Waals surface area (Å²) in [6.07, 6.45) is 6.43. The first-order chi connectivity index (χ1) is 14.7. The second kappa shape index (κ2) is 9.54. The van der Waals surface area contributed by atoms with Gasteiger partial charge in [-0.2, -0.15) is 0 Å². The van der Waals surface area contributed by atoms with Crippen LogP contribution in [0.4, 0.5) is 5.69 Å². The van der Waals surface area contributed by atoms with E-state index in [1.807, 2.05) is 36.5 Å². The molecule has 1 aromatic heterocycles. The van der Waals surface area contributed by atoms with Gasteiger partial charge in [0, 0.05) is 40.9 Å². The molecule has 1 heterocycles. The Kier molecular flexibility index (Phi) is 6.60. The van der Waals surface area contributed by atoms with Gasteiger partial charge in [-0.1, -0.05) is 17.7 Å². The molecule has 1 saturated carbocycles. The molecule has 0 amide bonds. The van der Waals surface area contributed by atoms with E-state index in [0.29, 0.717) is 17.1 Å². The van der Waals surface area contributed by atoms with Crippen LogP contribution in [0.25, 0.3) is 10.9 Å². The van der Waals surface area contributed by atoms with Gasteiger partial charge in [-0.25, -0.2) is 0 Å². The van der Waals surface area contributed by atoms with Gasteiger partial charge in [0.25, 0.3) is 0 Å². The quantitative estimate of drug-likeness (QED) is 0.529. The Morgan fingerprint density at radius 2 is 1.70 bits per heavy atom. The maximum absolute atomic E-state index is 6.10. The molecule has 0 radical (unpaired) electrons. The first-order valence-electron chi connectivity index (χ1n) is 10.4. The van der Waals surface area contributed by atoms with E-state index in [1.165, 1.54) is 5.56 Å². The van der Waals surface area contributed by atoms with Crippen LogP contribution in [0.15, 0.2) is 48.7 Å². The van der Waals surface area contributed by atoms with Gasteiger partial charge >= 0.3 is 0 Å². The Balaban J connectivity index is 1.30. The average molecular weight is 426 g/mol. The lowest BCUT2D eigenvalue weighted by atomic mass is 9.90. The van der Waals surface area contributed by atoms with Crippen LogP contribution in [0, 0.1) is 0 Å². The maximum Gasteiger partial charge on any atom is 0.161 e. The lowest BCUT2D eigenvalue weighted by molar-refractivity contribution is 0.348. The lowest BCUT2D eigenvalue weighted by Gasteiger charge is -2.30. The molecule has 0 aliphatic heterocycles. The maximum atomic E-state index is 6.10. The fraction of sp³-hybridized carbons (Fsp3) is 0.375. The Morgan fingerprint density at radius 3 is 2.47 bits per heavy atom. The number of hydrogen-bond donors (Lipinski definition) is 2. The number of anilines is 1. The SMILES string of the molecule is COc1ccc(CNC2CCC(Nc3ccnc4cc(Cl)ccc34)CC2)cc1OC. The van der Waals surface area contributed by atoms with E-state index in [1.54, 1.807) is 14.2 Å². The van der Waals surface area contributed by atoms with Crippen molar-refractivity contribution in [2.45, 2.75) is 44.3 Å². The molecule has 1 aliphatic carbocycles. The second-order valence-corrected chi connectivity index (χ2v) is 8.22. The number of pyridine rings is 1. The number of halogens is 1. The molecular weight excluding hydrogens is 398 g/mol. The fourth-order valence-corrected chi connectivity index (χ4v) is 4.33. The fourth-order valence-electron chi connectivity index (χ4n) is 4.16. The summed E-state index contributed by atoms with van der Waals surface area (Å²) < 4.78 is 10.7. The van der Waals surface area contributed by atoms with Gasteiger partial charge in [-0.05, 0) is 67.6 Å². The van der Waals surface area contributed by atoms with Crippen LogP contribution in [-0.2, 0) is 6.54 Å². The van der Waals surface area contributed by atoms with E-state index in [4.69, 9.17) is 21.1 Å². The summed E-state index contributed by atoms with van der Waals surface area (Å²) in [6.45, 7) is 0.832. The molecule has 6 heteroatoms. The van der Waals surface area contributed by atoms with Gasteiger partial charge in [0.2, 0.25) is 0 Å². The minimum atomic E-state index is 0.477. The summed E-state index contributed by atoms with van der Waals surface area (Å²) in [5, 5.41) is 9.26. The van der Waals surface area contributed by atoms with Crippen molar-refractivity contribution in [3.8, 4) is 11.5 Å². The first-order valence-corrected chi connectivity index (χ1v) is 10.8. The highest BCUT2D eigenvalue weighted by Gasteiger charge is 2.21. The van der Waals surface area contributed by atoms with Crippen LogP contribution in [0.1, 0.15) is 31.2 Å². The summed E-state index contributed by atoms with van der Waals surface area (Å²) in [7, 11) is 3.33. The zero-order chi connectivity index (χ0) is 20.9. The van der Waals surface area contributed by atoms with Crippen molar-refractivity contribution in [2.24, 2.45) is 0 Å². The molecule has 0 bridgehead atoms. The van der Waals surface area contributed by atoms with E-state index in [0.717, 1.165) is 60.3 Å². The van der Waals surface area contributed by atoms with E-state index in [-0.39, 0.29) is 0 Å². The Bertz CT molecular complexity index is 1000. The second-order valence-electron chi connectivity index (χ2n) is 7.78. The monoisotopic (exact) mass is 425 g/mol. The van der Waals surface area contributed by atoms with Crippen LogP contribution in [-0.4, -0.2) is 31.3 Å². The number of nitrogens with zero attached hydrogens (tertiary/aromatic N) is 1. The predicted molar refractivity (Wildman–Crippen MR) is 123 cm³/mol. The van der Waals surface area contributed by atoms with Gasteiger partial charge in [-0.3, -0.25) is 4.98 Å². The van der Waals surface area contributed by atoms with Crippen molar-refractivity contribution in [3.63, 3.8) is 0 Å². The number of ether oxygens (including phenoxy) is 2. The summed E-state index contributed by atoms with van der Waals surface area (Å²) in [6, 6.07) is 15.0. The first kappa shape index (κ1) is 20.8. The molecule has 2 N–H and O–H groups in total. The zero-order valence-corrected chi connectivity index (χ0v) is 18.2. The number of methoxy groups -OCH3 is 2. The van der Waals surface area contributed by atoms with Crippen LogP contribution in [0.5, 0.6) is 11.5 Å². The van der Waals surface area contributed by atoms with Crippen molar-refractivity contribution in [2.75, 3.05) is 19.5 Å². The topological polar surface area (TPSA) is 55.4 Å². The third kappa shape index (κ3) is 4.79. The number of aromatic nitrogens is 1. The molecule has 1 fully saturated rings. The zero-order valence-electron chi connectivity index (χ0n) is 17.5. The predicted octanol–water partition coefficient (Wildman–Crippen LogP) is 5.42. The minimum Gasteiger partial charge on any atom is -0.493 e. The van der Waals surface area contributed by atoms with Gasteiger partial charge in [0.05, 0.1) is 19.7 Å². The molecule has 0 spiro atoms. The molecule has 5 nitrogen and oxygen atoms in total. The van der Waals surface area contributed by atoms with Crippen LogP contribution in [0.2, 0.25) is 5.02 Å². The van der Waals surface area contributed by atoms with Crippen LogP contribution in [0.3, 0.4) is 0 Å². The van der Waals surface area contributed by atoms with E-state index >= 15 is 0 Å². The van der Waals surface area contributed by atoms with Crippen LogP contribution >= 0.6 is 11.6 Å². The molecular formula is C24H28ClN3O2. The molecule has 30 heavy (non-hydrogen) atoms. The van der Waals surface area contributed by atoms with Gasteiger partial charge in [0.1, 0.15) is 0 Å². The van der Waals surface area contributed by atoms with E-state index in [2.05, 4.69) is 27.8 Å². The highest BCUT2D eigenvalue weighted by molar-refractivity contribution is 6.31. The molecule has 4 rings (SSSR count).